The maximum Gasteiger partial charge on any atom is 0.129 e. The normalized spacial score (nSPS) is 24.0. The Morgan fingerprint density at radius 3 is 1.66 bits per heavy atom. The quantitative estimate of drug-likeness (QED) is 0.303. The first kappa shape index (κ1) is 26.3. The highest BCUT2D eigenvalue weighted by Crippen LogP contribution is 2.41. The molecule has 1 aliphatic rings. The monoisotopic (exact) mass is 444 g/mol. The van der Waals surface area contributed by atoms with E-state index in [-0.39, 0.29) is 0 Å². The van der Waals surface area contributed by atoms with Crippen LogP contribution in [0.5, 0.6) is 0 Å². The minimum atomic E-state index is -1.35. The molecule has 1 aromatic carbocycles. The molecule has 0 fully saturated rings. The van der Waals surface area contributed by atoms with Crippen molar-refractivity contribution in [3.8, 4) is 23.3 Å². The van der Waals surface area contributed by atoms with E-state index in [2.05, 4.69) is 101 Å². The van der Waals surface area contributed by atoms with Gasteiger partial charge < -0.3 is 0 Å². The van der Waals surface area contributed by atoms with Gasteiger partial charge in [-0.05, 0) is 73.6 Å². The van der Waals surface area contributed by atoms with E-state index in [4.69, 9.17) is 0 Å². The number of hydrogen-bond donors (Lipinski definition) is 0. The number of benzene rings is 1. The summed E-state index contributed by atoms with van der Waals surface area (Å²) in [5.41, 5.74) is 11.4. The Hall–Kier alpha value is -1.96. The zero-order valence-electron chi connectivity index (χ0n) is 21.7. The second-order valence-electron chi connectivity index (χ2n) is 10.1. The fourth-order valence-electron chi connectivity index (χ4n) is 5.01. The first-order valence-electron chi connectivity index (χ1n) is 12.8. The van der Waals surface area contributed by atoms with Crippen molar-refractivity contribution in [2.24, 2.45) is 11.8 Å². The molecule has 1 heteroatoms. The molecule has 0 aliphatic heterocycles. The molecule has 1 aromatic rings. The first-order valence-corrected chi connectivity index (χ1v) is 16.3. The van der Waals surface area contributed by atoms with Gasteiger partial charge in [0.2, 0.25) is 0 Å². The van der Waals surface area contributed by atoms with E-state index in [0.29, 0.717) is 11.8 Å². The Labute approximate surface area is 200 Å². The number of rotatable bonds is 6. The van der Waals surface area contributed by atoms with Gasteiger partial charge in [-0.2, -0.15) is 0 Å². The lowest BCUT2D eigenvalue weighted by Crippen LogP contribution is -2.21. The molecule has 0 aromatic heterocycles. The molecular weight excluding hydrogens is 400 g/mol. The molecule has 0 unspecified atom stereocenters. The molecule has 0 saturated heterocycles. The van der Waals surface area contributed by atoms with Crippen molar-refractivity contribution in [3.05, 3.63) is 58.2 Å². The molecule has 0 N–H and O–H groups in total. The third kappa shape index (κ3) is 7.87. The molecule has 0 heterocycles. The van der Waals surface area contributed by atoms with Gasteiger partial charge in [-0.3, -0.25) is 0 Å². The SMILES string of the molecule is CC/C1=C(CC)/C(CC)=C(/CC)C[C@@H](CC#C[Si](C)(C)C)[C@H](CC#Cc2ccccc2)C1. The highest BCUT2D eigenvalue weighted by Gasteiger charge is 2.27. The summed E-state index contributed by atoms with van der Waals surface area (Å²) in [4.78, 5) is 0. The van der Waals surface area contributed by atoms with E-state index >= 15 is 0 Å². The molecule has 0 nitrogen and oxygen atoms in total. The van der Waals surface area contributed by atoms with Gasteiger partial charge in [-0.25, -0.2) is 0 Å². The van der Waals surface area contributed by atoms with Crippen LogP contribution in [-0.4, -0.2) is 8.07 Å². The highest BCUT2D eigenvalue weighted by molar-refractivity contribution is 6.83. The third-order valence-electron chi connectivity index (χ3n) is 6.66. The van der Waals surface area contributed by atoms with E-state index in [1.54, 1.807) is 22.3 Å². The number of allylic oxidation sites excluding steroid dienone is 4. The average molecular weight is 445 g/mol. The molecule has 1 aliphatic carbocycles. The minimum absolute atomic E-state index is 0.582. The fourth-order valence-corrected chi connectivity index (χ4v) is 5.64. The summed E-state index contributed by atoms with van der Waals surface area (Å²) in [6, 6.07) is 10.4. The molecule has 2 rings (SSSR count). The average Bonchev–Trinajstić information content (AvgIpc) is 2.76. The second-order valence-corrected chi connectivity index (χ2v) is 14.9. The van der Waals surface area contributed by atoms with Crippen molar-refractivity contribution < 1.29 is 0 Å². The van der Waals surface area contributed by atoms with E-state index in [9.17, 15) is 0 Å². The van der Waals surface area contributed by atoms with Crippen molar-refractivity contribution in [2.45, 2.75) is 98.7 Å². The lowest BCUT2D eigenvalue weighted by molar-refractivity contribution is 0.329. The van der Waals surface area contributed by atoms with Crippen LogP contribution in [0.3, 0.4) is 0 Å². The summed E-state index contributed by atoms with van der Waals surface area (Å²) in [7, 11) is -1.35. The molecule has 0 bridgehead atoms. The summed E-state index contributed by atoms with van der Waals surface area (Å²) in [6.45, 7) is 16.4. The third-order valence-corrected chi connectivity index (χ3v) is 7.59. The van der Waals surface area contributed by atoms with Crippen LogP contribution in [0.15, 0.2) is 52.6 Å². The molecule has 0 saturated carbocycles. The topological polar surface area (TPSA) is 0 Å². The van der Waals surface area contributed by atoms with E-state index in [1.807, 2.05) is 0 Å². The van der Waals surface area contributed by atoms with Crippen LogP contribution in [0.1, 0.15) is 84.6 Å². The van der Waals surface area contributed by atoms with E-state index in [0.717, 1.165) is 44.1 Å². The zero-order chi connectivity index (χ0) is 23.6. The Morgan fingerprint density at radius 1 is 0.719 bits per heavy atom. The molecule has 0 spiro atoms. The largest absolute Gasteiger partial charge is 0.132 e. The Morgan fingerprint density at radius 2 is 1.22 bits per heavy atom. The van der Waals surface area contributed by atoms with Gasteiger partial charge in [-0.1, -0.05) is 88.5 Å². The number of hydrogen-bond acceptors (Lipinski definition) is 0. The Kier molecular flexibility index (Phi) is 10.6. The molecule has 0 radical (unpaired) electrons. The van der Waals surface area contributed by atoms with Gasteiger partial charge in [0.25, 0.3) is 0 Å². The summed E-state index contributed by atoms with van der Waals surface area (Å²) in [6.07, 6.45) is 8.97. The highest BCUT2D eigenvalue weighted by atomic mass is 28.3. The van der Waals surface area contributed by atoms with Crippen LogP contribution in [0.4, 0.5) is 0 Å². The lowest BCUT2D eigenvalue weighted by Gasteiger charge is -2.32. The van der Waals surface area contributed by atoms with Gasteiger partial charge in [-0.15, -0.1) is 11.5 Å². The summed E-state index contributed by atoms with van der Waals surface area (Å²) >= 11 is 0. The molecule has 0 amide bonds. The van der Waals surface area contributed by atoms with Gasteiger partial charge in [0, 0.05) is 18.4 Å². The second kappa shape index (κ2) is 12.9. The lowest BCUT2D eigenvalue weighted by atomic mass is 9.73. The molecule has 2 atom stereocenters. The van der Waals surface area contributed by atoms with Crippen LogP contribution in [0, 0.1) is 35.1 Å². The zero-order valence-corrected chi connectivity index (χ0v) is 22.7. The Balaban J connectivity index is 2.45. The summed E-state index contributed by atoms with van der Waals surface area (Å²) in [5, 5.41) is 0. The predicted molar refractivity (Wildman–Crippen MR) is 145 cm³/mol. The first-order chi connectivity index (χ1) is 15.3. The maximum atomic E-state index is 3.64. The minimum Gasteiger partial charge on any atom is -0.132 e. The molecule has 172 valence electrons. The van der Waals surface area contributed by atoms with Crippen molar-refractivity contribution in [1.29, 1.82) is 0 Å². The van der Waals surface area contributed by atoms with Crippen molar-refractivity contribution in [2.75, 3.05) is 0 Å². The van der Waals surface area contributed by atoms with Gasteiger partial charge in [0.05, 0.1) is 0 Å². The van der Waals surface area contributed by atoms with Crippen molar-refractivity contribution in [3.63, 3.8) is 0 Å². The van der Waals surface area contributed by atoms with E-state index in [1.165, 1.54) is 12.8 Å². The van der Waals surface area contributed by atoms with E-state index < -0.39 is 8.07 Å². The standard InChI is InChI=1S/C31H44Si/c1-8-26-23-28(20-15-19-25-17-13-12-14-18-25)29(21-16-22-32(5,6)7)24-27(9-2)31(11-4)30(26)10-3/h12-14,17-18,28-29H,8-11,20-21,23-24H2,1-7H3/b30-26-,31-27-/t28-,29-/m1/s1. The van der Waals surface area contributed by atoms with Crippen LogP contribution >= 0.6 is 0 Å². The predicted octanol–water partition coefficient (Wildman–Crippen LogP) is 8.96. The Bertz CT molecular complexity index is 916. The van der Waals surface area contributed by atoms with Crippen LogP contribution in [-0.2, 0) is 0 Å². The van der Waals surface area contributed by atoms with Crippen LogP contribution in [0.2, 0.25) is 19.6 Å². The summed E-state index contributed by atoms with van der Waals surface area (Å²) < 4.78 is 0. The van der Waals surface area contributed by atoms with Crippen LogP contribution < -0.4 is 0 Å². The van der Waals surface area contributed by atoms with Gasteiger partial charge >= 0.3 is 0 Å². The van der Waals surface area contributed by atoms with Crippen LogP contribution in [0.25, 0.3) is 0 Å². The van der Waals surface area contributed by atoms with Gasteiger partial charge in [0.1, 0.15) is 8.07 Å². The van der Waals surface area contributed by atoms with Crippen molar-refractivity contribution in [1.82, 2.24) is 0 Å². The van der Waals surface area contributed by atoms with Crippen molar-refractivity contribution >= 4 is 8.07 Å². The molecule has 32 heavy (non-hydrogen) atoms. The maximum absolute atomic E-state index is 3.64. The molecular formula is C31H44Si. The van der Waals surface area contributed by atoms with Gasteiger partial charge in [0.15, 0.2) is 0 Å². The summed E-state index contributed by atoms with van der Waals surface area (Å²) in [5.74, 6) is 11.8. The fraction of sp³-hybridized carbons (Fsp3) is 0.548. The smallest absolute Gasteiger partial charge is 0.129 e.